The predicted octanol–water partition coefficient (Wildman–Crippen LogP) is 11.4. The number of carbonyl (C=O) groups is 2. The molecule has 1 unspecified atom stereocenters. The number of hydrogen-bond donors (Lipinski definition) is 0. The highest BCUT2D eigenvalue weighted by atomic mass is 31.2. The van der Waals surface area contributed by atoms with Crippen molar-refractivity contribution in [3.05, 3.63) is 85.1 Å². The lowest BCUT2D eigenvalue weighted by molar-refractivity contribution is -0.870. The van der Waals surface area contributed by atoms with Gasteiger partial charge in [-0.1, -0.05) is 137 Å². The summed E-state index contributed by atoms with van der Waals surface area (Å²) in [5, 5.41) is 0. The molecule has 0 aliphatic heterocycles. The lowest BCUT2D eigenvalue weighted by atomic mass is 10.1. The van der Waals surface area contributed by atoms with Gasteiger partial charge in [0.15, 0.2) is 6.10 Å². The average Bonchev–Trinajstić information content (AvgIpc) is 3.15. The normalized spacial score (nSPS) is 14.5. The Morgan fingerprint density at radius 1 is 0.571 bits per heavy atom. The molecule has 0 bridgehead atoms. The molecule has 0 spiro atoms. The maximum atomic E-state index is 12.6. The van der Waals surface area contributed by atoms with E-state index in [1.54, 1.807) is 0 Å². The second-order valence-corrected chi connectivity index (χ2v) is 16.4. The van der Waals surface area contributed by atoms with Crippen LogP contribution in [0, 0.1) is 0 Å². The summed E-state index contributed by atoms with van der Waals surface area (Å²) in [6.07, 6.45) is 47.7. The van der Waals surface area contributed by atoms with Crippen LogP contribution in [0.25, 0.3) is 0 Å². The number of ether oxygens (including phenoxy) is 2. The minimum Gasteiger partial charge on any atom is -0.756 e. The Morgan fingerprint density at radius 2 is 1.05 bits per heavy atom. The quantitative estimate of drug-likeness (QED) is 0.0201. The SMILES string of the molecule is CC/C=C\C/C=C\C/C=C\C/C=C\C/C=C\C/C=C\CCC(=O)O[C@H](COC(=O)CCCCC/C=C\CCCCCCCC)COP(=O)([O-])OCC[N+](C)(C)C. The predicted molar refractivity (Wildman–Crippen MR) is 231 cm³/mol. The Balaban J connectivity index is 4.56. The van der Waals surface area contributed by atoms with Crippen molar-refractivity contribution in [3.8, 4) is 0 Å². The Hall–Kier alpha value is -2.81. The molecule has 0 heterocycles. The fourth-order valence-corrected chi connectivity index (χ4v) is 5.81. The fourth-order valence-electron chi connectivity index (χ4n) is 5.08. The summed E-state index contributed by atoms with van der Waals surface area (Å²) >= 11 is 0. The minimum atomic E-state index is -4.65. The molecule has 56 heavy (non-hydrogen) atoms. The van der Waals surface area contributed by atoms with Gasteiger partial charge < -0.3 is 27.9 Å². The van der Waals surface area contributed by atoms with Gasteiger partial charge in [0, 0.05) is 12.8 Å². The topological polar surface area (TPSA) is 111 Å². The highest BCUT2D eigenvalue weighted by molar-refractivity contribution is 7.45. The molecule has 320 valence electrons. The van der Waals surface area contributed by atoms with Crippen LogP contribution in [0.4, 0.5) is 0 Å². The van der Waals surface area contributed by atoms with Gasteiger partial charge in [-0.25, -0.2) is 0 Å². The van der Waals surface area contributed by atoms with Crippen molar-refractivity contribution in [1.29, 1.82) is 0 Å². The zero-order valence-electron chi connectivity index (χ0n) is 35.8. The van der Waals surface area contributed by atoms with Crippen molar-refractivity contribution in [2.45, 2.75) is 148 Å². The highest BCUT2D eigenvalue weighted by Gasteiger charge is 2.21. The van der Waals surface area contributed by atoms with Gasteiger partial charge in [-0.2, -0.15) is 0 Å². The summed E-state index contributed by atoms with van der Waals surface area (Å²) in [6, 6.07) is 0. The number of nitrogens with zero attached hydrogens (tertiary/aromatic N) is 1. The molecule has 0 aromatic heterocycles. The third-order valence-electron chi connectivity index (χ3n) is 8.41. The molecule has 0 aliphatic carbocycles. The van der Waals surface area contributed by atoms with Gasteiger partial charge in [-0.15, -0.1) is 0 Å². The number of phosphoric acid groups is 1. The van der Waals surface area contributed by atoms with E-state index in [1.807, 2.05) is 33.3 Å². The van der Waals surface area contributed by atoms with Crippen LogP contribution in [0.5, 0.6) is 0 Å². The van der Waals surface area contributed by atoms with E-state index in [0.29, 0.717) is 23.9 Å². The van der Waals surface area contributed by atoms with Gasteiger partial charge in [-0.3, -0.25) is 14.2 Å². The van der Waals surface area contributed by atoms with Gasteiger partial charge in [0.05, 0.1) is 27.7 Å². The molecule has 0 amide bonds. The van der Waals surface area contributed by atoms with Crippen molar-refractivity contribution in [2.75, 3.05) is 47.5 Å². The summed E-state index contributed by atoms with van der Waals surface area (Å²) in [6.45, 7) is 3.97. The number of phosphoric ester groups is 1. The molecule has 0 N–H and O–H groups in total. The molecule has 0 aliphatic rings. The molecule has 0 saturated heterocycles. The van der Waals surface area contributed by atoms with Crippen molar-refractivity contribution in [1.82, 2.24) is 0 Å². The van der Waals surface area contributed by atoms with Crippen LogP contribution in [-0.4, -0.2) is 70.0 Å². The van der Waals surface area contributed by atoms with E-state index in [2.05, 4.69) is 86.8 Å². The molecular weight excluding hydrogens is 725 g/mol. The number of rotatable bonds is 37. The van der Waals surface area contributed by atoms with Gasteiger partial charge in [0.1, 0.15) is 19.8 Å². The van der Waals surface area contributed by atoms with E-state index >= 15 is 0 Å². The Morgan fingerprint density at radius 3 is 1.59 bits per heavy atom. The lowest BCUT2D eigenvalue weighted by Crippen LogP contribution is -2.37. The van der Waals surface area contributed by atoms with Crippen LogP contribution in [0.2, 0.25) is 0 Å². The van der Waals surface area contributed by atoms with E-state index in [4.69, 9.17) is 18.5 Å². The van der Waals surface area contributed by atoms with Gasteiger partial charge in [0.2, 0.25) is 0 Å². The molecule has 0 aromatic carbocycles. The fraction of sp³-hybridized carbons (Fsp3) is 0.652. The molecule has 9 nitrogen and oxygen atoms in total. The summed E-state index contributed by atoms with van der Waals surface area (Å²) in [5.74, 6) is -0.961. The number of hydrogen-bond acceptors (Lipinski definition) is 8. The molecule has 10 heteroatoms. The van der Waals surface area contributed by atoms with Gasteiger partial charge >= 0.3 is 11.9 Å². The van der Waals surface area contributed by atoms with E-state index in [9.17, 15) is 19.0 Å². The smallest absolute Gasteiger partial charge is 0.306 e. The van der Waals surface area contributed by atoms with Crippen LogP contribution >= 0.6 is 7.82 Å². The Bertz CT molecular complexity index is 1230. The third kappa shape index (κ3) is 40.8. The average molecular weight is 804 g/mol. The molecular formula is C46H78NO8P. The van der Waals surface area contributed by atoms with Crippen LogP contribution < -0.4 is 4.89 Å². The van der Waals surface area contributed by atoms with Crippen LogP contribution in [0.3, 0.4) is 0 Å². The number of esters is 2. The zero-order valence-corrected chi connectivity index (χ0v) is 36.7. The summed E-state index contributed by atoms with van der Waals surface area (Å²) < 4.78 is 33.7. The largest absolute Gasteiger partial charge is 0.756 e. The Kier molecular flexibility index (Phi) is 35.9. The molecule has 0 aromatic rings. The van der Waals surface area contributed by atoms with Crippen molar-refractivity contribution in [3.63, 3.8) is 0 Å². The number of unbranched alkanes of at least 4 members (excludes halogenated alkanes) is 9. The summed E-state index contributed by atoms with van der Waals surface area (Å²) in [4.78, 5) is 37.4. The van der Waals surface area contributed by atoms with Gasteiger partial charge in [0.25, 0.3) is 7.82 Å². The second-order valence-electron chi connectivity index (χ2n) is 15.0. The van der Waals surface area contributed by atoms with E-state index in [1.165, 1.54) is 38.5 Å². The summed E-state index contributed by atoms with van der Waals surface area (Å²) in [7, 11) is 1.10. The van der Waals surface area contributed by atoms with E-state index in [-0.39, 0.29) is 26.1 Å². The molecule has 0 saturated carbocycles. The zero-order chi connectivity index (χ0) is 41.4. The number of likely N-dealkylation sites (N-methyl/N-ethyl adjacent to an activating group) is 1. The number of allylic oxidation sites excluding steroid dienone is 14. The first-order chi connectivity index (χ1) is 27.0. The molecule has 0 fully saturated rings. The highest BCUT2D eigenvalue weighted by Crippen LogP contribution is 2.38. The second kappa shape index (κ2) is 37.7. The molecule has 0 rings (SSSR count). The molecule has 2 atom stereocenters. The third-order valence-corrected chi connectivity index (χ3v) is 9.38. The van der Waals surface area contributed by atoms with Crippen LogP contribution in [0.1, 0.15) is 142 Å². The molecule has 0 radical (unpaired) electrons. The number of quaternary nitrogens is 1. The first-order valence-corrected chi connectivity index (χ1v) is 22.8. The van der Waals surface area contributed by atoms with Crippen molar-refractivity contribution >= 4 is 19.8 Å². The van der Waals surface area contributed by atoms with Crippen LogP contribution in [0.15, 0.2) is 85.1 Å². The Labute approximate surface area is 341 Å². The maximum Gasteiger partial charge on any atom is 0.306 e. The van der Waals surface area contributed by atoms with Crippen molar-refractivity contribution in [2.24, 2.45) is 0 Å². The van der Waals surface area contributed by atoms with Gasteiger partial charge in [-0.05, 0) is 77.0 Å². The van der Waals surface area contributed by atoms with Crippen LogP contribution in [-0.2, 0) is 32.7 Å². The lowest BCUT2D eigenvalue weighted by Gasteiger charge is -2.28. The first-order valence-electron chi connectivity index (χ1n) is 21.3. The number of carbonyl (C=O) groups excluding carboxylic acids is 2. The standard InChI is InChI=1S/C46H78NO8P/c1-6-8-10-12-14-16-18-20-21-22-23-24-25-27-29-31-33-35-37-39-46(49)55-44(43-54-56(50,51)53-41-40-47(3,4)5)42-52-45(48)38-36-34-32-30-28-26-19-17-15-13-11-9-7-2/h8,10,14,16,20-21,23-24,26-29,33,35,44H,6-7,9,11-13,15,17-19,22,25,30-32,34,36-43H2,1-5H3/b10-8-,16-14-,21-20-,24-23-,28-26-,29-27-,35-33-/t44-/m1/s1. The van der Waals surface area contributed by atoms with Crippen molar-refractivity contribution < 1.29 is 42.1 Å². The monoisotopic (exact) mass is 804 g/mol. The van der Waals surface area contributed by atoms with E-state index in [0.717, 1.165) is 64.2 Å². The maximum absolute atomic E-state index is 12.6. The minimum absolute atomic E-state index is 0.0510. The first kappa shape index (κ1) is 53.2. The summed E-state index contributed by atoms with van der Waals surface area (Å²) in [5.41, 5.74) is 0. The van der Waals surface area contributed by atoms with E-state index < -0.39 is 32.5 Å².